The van der Waals surface area contributed by atoms with Crippen molar-refractivity contribution >= 4 is 23.9 Å². The van der Waals surface area contributed by atoms with Crippen molar-refractivity contribution in [1.82, 2.24) is 0 Å². The van der Waals surface area contributed by atoms with E-state index in [1.807, 2.05) is 0 Å². The van der Waals surface area contributed by atoms with Gasteiger partial charge in [0, 0.05) is 38.8 Å². The van der Waals surface area contributed by atoms with Crippen LogP contribution in [0.5, 0.6) is 23.0 Å². The molecule has 0 bridgehead atoms. The minimum Gasteiger partial charge on any atom is -0.422 e. The zero-order chi connectivity index (χ0) is 31.3. The first-order valence-corrected chi connectivity index (χ1v) is 15.7. The van der Waals surface area contributed by atoms with Crippen molar-refractivity contribution in [1.29, 1.82) is 0 Å². The minimum absolute atomic E-state index is 0.00475. The fraction of sp³-hybridized carbons (Fsp3) is 0.647. The molecule has 8 nitrogen and oxygen atoms in total. The molecule has 236 valence electrons. The van der Waals surface area contributed by atoms with E-state index < -0.39 is 23.9 Å². The Bertz CT molecular complexity index is 983. The van der Waals surface area contributed by atoms with Crippen molar-refractivity contribution in [2.75, 3.05) is 0 Å². The highest BCUT2D eigenvalue weighted by molar-refractivity contribution is 5.82. The molecule has 1 rings (SSSR count). The fourth-order valence-electron chi connectivity index (χ4n) is 4.80. The van der Waals surface area contributed by atoms with Gasteiger partial charge in [0.15, 0.2) is 23.0 Å². The zero-order valence-corrected chi connectivity index (χ0v) is 26.7. The Kier molecular flexibility index (Phi) is 18.9. The maximum absolute atomic E-state index is 12.0. The van der Waals surface area contributed by atoms with Crippen LogP contribution < -0.4 is 18.9 Å². The standard InChI is InChI=1S/C34H52O8/c1-7-8-9-10-11-12-13-14-15-16-17-18-19-20-21-22-23-24-30-33(41-28(5)37)31(39-26(3)35)25(2)32(40-27(4)36)34(30)42-29(6)38/h10-11H,7-9,12-24H2,1-6H3. The lowest BCUT2D eigenvalue weighted by atomic mass is 9.99. The van der Waals surface area contributed by atoms with Gasteiger partial charge < -0.3 is 18.9 Å². The Labute approximate surface area is 252 Å². The summed E-state index contributed by atoms with van der Waals surface area (Å²) in [5.41, 5.74) is 0.547. The zero-order valence-electron chi connectivity index (χ0n) is 26.7. The lowest BCUT2D eigenvalue weighted by Crippen LogP contribution is -2.15. The molecule has 8 heteroatoms. The number of ether oxygens (including phenoxy) is 4. The molecule has 0 atom stereocenters. The van der Waals surface area contributed by atoms with Gasteiger partial charge in [0.25, 0.3) is 0 Å². The molecule has 0 saturated carbocycles. The van der Waals surface area contributed by atoms with Gasteiger partial charge >= 0.3 is 23.9 Å². The first kappa shape index (κ1) is 36.9. The average molecular weight is 589 g/mol. The minimum atomic E-state index is -0.638. The Hall–Kier alpha value is -3.16. The third-order valence-electron chi connectivity index (χ3n) is 6.81. The van der Waals surface area contributed by atoms with Gasteiger partial charge in [-0.25, -0.2) is 0 Å². The molecule has 1 aromatic rings. The summed E-state index contributed by atoms with van der Waals surface area (Å²) in [5.74, 6) is -2.62. The van der Waals surface area contributed by atoms with Crippen LogP contribution in [0, 0.1) is 6.92 Å². The summed E-state index contributed by atoms with van der Waals surface area (Å²) >= 11 is 0. The summed E-state index contributed by atoms with van der Waals surface area (Å²) in [6.07, 6.45) is 22.6. The number of esters is 4. The number of allylic oxidation sites excluding steroid dienone is 2. The molecule has 0 spiro atoms. The molecule has 0 aromatic heterocycles. The third-order valence-corrected chi connectivity index (χ3v) is 6.81. The van der Waals surface area contributed by atoms with E-state index in [0.29, 0.717) is 18.4 Å². The predicted molar refractivity (Wildman–Crippen MR) is 164 cm³/mol. The molecular formula is C34H52O8. The van der Waals surface area contributed by atoms with Crippen LogP contribution in [0.25, 0.3) is 0 Å². The van der Waals surface area contributed by atoms with E-state index in [-0.39, 0.29) is 28.6 Å². The van der Waals surface area contributed by atoms with E-state index in [9.17, 15) is 19.2 Å². The molecule has 0 unspecified atom stereocenters. The number of benzene rings is 1. The molecule has 0 amide bonds. The van der Waals surface area contributed by atoms with Crippen molar-refractivity contribution in [3.63, 3.8) is 0 Å². The highest BCUT2D eigenvalue weighted by Gasteiger charge is 2.30. The van der Waals surface area contributed by atoms with Gasteiger partial charge in [-0.1, -0.05) is 89.7 Å². The summed E-state index contributed by atoms with van der Waals surface area (Å²) in [4.78, 5) is 47.7. The second-order valence-corrected chi connectivity index (χ2v) is 10.8. The van der Waals surface area contributed by atoms with Gasteiger partial charge in [-0.2, -0.15) is 0 Å². The summed E-state index contributed by atoms with van der Waals surface area (Å²) in [7, 11) is 0. The second kappa shape index (κ2) is 21.5. The van der Waals surface area contributed by atoms with Crippen molar-refractivity contribution in [2.45, 2.75) is 144 Å². The Morgan fingerprint density at radius 1 is 0.500 bits per heavy atom. The predicted octanol–water partition coefficient (Wildman–Crippen LogP) is 8.67. The first-order chi connectivity index (χ1) is 20.1. The summed E-state index contributed by atoms with van der Waals surface area (Å²) in [6, 6.07) is 0. The van der Waals surface area contributed by atoms with Gasteiger partial charge in [0.05, 0.1) is 0 Å². The van der Waals surface area contributed by atoms with Crippen LogP contribution in [0.15, 0.2) is 12.2 Å². The van der Waals surface area contributed by atoms with Crippen LogP contribution in [-0.4, -0.2) is 23.9 Å². The lowest BCUT2D eigenvalue weighted by Gasteiger charge is -2.22. The summed E-state index contributed by atoms with van der Waals surface area (Å²) < 4.78 is 21.7. The van der Waals surface area contributed by atoms with Crippen molar-refractivity contribution in [3.05, 3.63) is 23.3 Å². The number of unbranched alkanes of at least 4 members (excludes halogenated alkanes) is 13. The molecule has 1 aromatic carbocycles. The van der Waals surface area contributed by atoms with E-state index in [0.717, 1.165) is 19.3 Å². The molecule has 42 heavy (non-hydrogen) atoms. The molecular weight excluding hydrogens is 536 g/mol. The molecule has 0 aliphatic rings. The molecule has 0 saturated heterocycles. The molecule has 0 heterocycles. The molecule has 0 aliphatic carbocycles. The smallest absolute Gasteiger partial charge is 0.308 e. The van der Waals surface area contributed by atoms with Crippen LogP contribution in [0.4, 0.5) is 0 Å². The maximum Gasteiger partial charge on any atom is 0.308 e. The van der Waals surface area contributed by atoms with Crippen LogP contribution in [-0.2, 0) is 25.6 Å². The van der Waals surface area contributed by atoms with E-state index in [2.05, 4.69) is 19.1 Å². The van der Waals surface area contributed by atoms with Crippen molar-refractivity contribution < 1.29 is 38.1 Å². The molecule has 0 N–H and O–H groups in total. The topological polar surface area (TPSA) is 105 Å². The van der Waals surface area contributed by atoms with Gasteiger partial charge in [0.1, 0.15) is 0 Å². The van der Waals surface area contributed by atoms with Crippen LogP contribution in [0.2, 0.25) is 0 Å². The van der Waals surface area contributed by atoms with Crippen LogP contribution >= 0.6 is 0 Å². The van der Waals surface area contributed by atoms with Gasteiger partial charge in [-0.05, 0) is 39.0 Å². The highest BCUT2D eigenvalue weighted by Crippen LogP contribution is 2.49. The second-order valence-electron chi connectivity index (χ2n) is 10.8. The number of hydrogen-bond donors (Lipinski definition) is 0. The Balaban J connectivity index is 2.70. The first-order valence-electron chi connectivity index (χ1n) is 15.7. The monoisotopic (exact) mass is 588 g/mol. The largest absolute Gasteiger partial charge is 0.422 e. The summed E-state index contributed by atoms with van der Waals surface area (Å²) in [6.45, 7) is 8.66. The number of carbonyl (C=O) groups excluding carboxylic acids is 4. The van der Waals surface area contributed by atoms with Gasteiger partial charge in [0.2, 0.25) is 0 Å². The van der Waals surface area contributed by atoms with Crippen LogP contribution in [0.3, 0.4) is 0 Å². The number of rotatable bonds is 21. The lowest BCUT2D eigenvalue weighted by molar-refractivity contribution is -0.135. The number of carbonyl (C=O) groups is 4. The number of hydrogen-bond acceptors (Lipinski definition) is 8. The molecule has 0 radical (unpaired) electrons. The van der Waals surface area contributed by atoms with Gasteiger partial charge in [-0.15, -0.1) is 0 Å². The Morgan fingerprint density at radius 2 is 0.833 bits per heavy atom. The molecule has 0 aliphatic heterocycles. The Morgan fingerprint density at radius 3 is 1.21 bits per heavy atom. The quantitative estimate of drug-likeness (QED) is 0.0608. The van der Waals surface area contributed by atoms with Crippen molar-refractivity contribution in [2.24, 2.45) is 0 Å². The highest BCUT2D eigenvalue weighted by atomic mass is 16.6. The normalized spacial score (nSPS) is 11.0. The van der Waals surface area contributed by atoms with Gasteiger partial charge in [-0.3, -0.25) is 19.2 Å². The fourth-order valence-corrected chi connectivity index (χ4v) is 4.80. The van der Waals surface area contributed by atoms with E-state index in [1.165, 1.54) is 105 Å². The molecule has 0 fully saturated rings. The van der Waals surface area contributed by atoms with Crippen LogP contribution in [0.1, 0.15) is 142 Å². The van der Waals surface area contributed by atoms with E-state index >= 15 is 0 Å². The maximum atomic E-state index is 12.0. The van der Waals surface area contributed by atoms with E-state index in [4.69, 9.17) is 18.9 Å². The SMILES string of the molecule is CCCCC=CCCCCCCCCCCCCCc1c(OC(C)=O)c(OC(C)=O)c(C)c(OC(C)=O)c1OC(C)=O. The van der Waals surface area contributed by atoms with E-state index in [1.54, 1.807) is 0 Å². The third kappa shape index (κ3) is 15.2. The summed E-state index contributed by atoms with van der Waals surface area (Å²) in [5, 5.41) is 0. The van der Waals surface area contributed by atoms with Crippen molar-refractivity contribution in [3.8, 4) is 23.0 Å². The average Bonchev–Trinajstić information content (AvgIpc) is 2.90.